The van der Waals surface area contributed by atoms with Crippen molar-refractivity contribution in [1.82, 2.24) is 61.6 Å². The van der Waals surface area contributed by atoms with Gasteiger partial charge in [0, 0.05) is 63.4 Å². The fourth-order valence-electron chi connectivity index (χ4n) is 14.8. The van der Waals surface area contributed by atoms with Crippen LogP contribution in [-0.4, -0.2) is 160 Å². The summed E-state index contributed by atoms with van der Waals surface area (Å²) in [5.41, 5.74) is 9.98. The summed E-state index contributed by atoms with van der Waals surface area (Å²) in [5, 5.41) is 55.3. The quantitative estimate of drug-likeness (QED) is 0.0140. The number of aromatic amines is 4. The van der Waals surface area contributed by atoms with Gasteiger partial charge in [0.2, 0.25) is 0 Å². The van der Waals surface area contributed by atoms with Crippen LogP contribution in [0, 0.1) is 50.5 Å². The summed E-state index contributed by atoms with van der Waals surface area (Å²) in [4.78, 5) is 0. The molecule has 4 heterocycles. The van der Waals surface area contributed by atoms with E-state index in [1.807, 2.05) is 81.1 Å². The van der Waals surface area contributed by atoms with Gasteiger partial charge in [0.25, 0.3) is 0 Å². The van der Waals surface area contributed by atoms with Gasteiger partial charge in [-0.05, 0) is 230 Å². The van der Waals surface area contributed by atoms with Gasteiger partial charge in [0.1, 0.15) is 0 Å². The van der Waals surface area contributed by atoms with Crippen molar-refractivity contribution in [3.63, 3.8) is 0 Å². The average Bonchev–Trinajstić information content (AvgIpc) is 1.22. The van der Waals surface area contributed by atoms with E-state index in [1.54, 1.807) is 42.4 Å². The first-order chi connectivity index (χ1) is 59.0. The second-order valence-electron chi connectivity index (χ2n) is 29.4. The van der Waals surface area contributed by atoms with E-state index >= 15 is 0 Å². The monoisotopic (exact) mass is 3360 g/mol. The first-order valence-electron chi connectivity index (χ1n) is 44.7. The van der Waals surface area contributed by atoms with Crippen molar-refractivity contribution in [1.29, 1.82) is 0 Å². The van der Waals surface area contributed by atoms with Gasteiger partial charge in [0.15, 0.2) is 0 Å². The van der Waals surface area contributed by atoms with E-state index in [9.17, 15) is 0 Å². The zero-order valence-corrected chi connectivity index (χ0v) is 106. The maximum absolute atomic E-state index is 3.83. The van der Waals surface area contributed by atoms with E-state index in [0.29, 0.717) is 22.8 Å². The SMILES string of the molecule is CC[PH+](CC)c1ccc([PH+](CC)CC)cc1.CC[PH+](CC)c1ccc([PH+](CC)CC)cc1.CC[PH+](CC)c1ccc([PH+](CC)CC)cc1.CC[PH+](CC)c1ccc([PH+](CC)CC)cc1.C[CH-]C.C[CH-]C.C[CH-]C.C[CH-]C.[Au+].[Au+].[Au+].[Au+].[Au+].[Au+].[Au+].[Au+].[c-]1nn[nH]c1-c1ccc(C(c2ccc(-c3[c-]nn[nH]3)cc2)(c2ccc(-c3[c-]nn[nH]3)cc2)c2ccc(-c3[c-]nn[nH]3)cc2)cc1. The Morgan fingerprint density at radius 2 is 0.310 bits per heavy atom. The molecule has 0 bridgehead atoms. The van der Waals surface area contributed by atoms with Crippen LogP contribution in [0.15, 0.2) is 194 Å². The molecule has 0 unspecified atom stereocenters. The number of benzene rings is 8. The Labute approximate surface area is 917 Å². The molecule has 0 radical (unpaired) electrons. The molecule has 12 rings (SSSR count). The Balaban J connectivity index is -0.000000516. The molecule has 0 aliphatic rings. The van der Waals surface area contributed by atoms with Crippen molar-refractivity contribution < 1.29 is 179 Å². The van der Waals surface area contributed by atoms with Crippen LogP contribution in [0.25, 0.3) is 45.0 Å². The zero-order chi connectivity index (χ0) is 88.7. The summed E-state index contributed by atoms with van der Waals surface area (Å²) in [7, 11) is -1.96. The molecule has 0 aliphatic heterocycles. The normalized spacial score (nSPS) is 10.2. The van der Waals surface area contributed by atoms with E-state index in [4.69, 9.17) is 0 Å². The first kappa shape index (κ1) is 137. The third-order valence-electron chi connectivity index (χ3n) is 21.6. The number of aromatic nitrogens is 12. The number of rotatable bonds is 32. The van der Waals surface area contributed by atoms with Crippen LogP contribution in [0.4, 0.5) is 0 Å². The van der Waals surface area contributed by atoms with Crippen LogP contribution in [0.5, 0.6) is 0 Å². The van der Waals surface area contributed by atoms with Crippen LogP contribution in [0.3, 0.4) is 0 Å². The smallest absolute Gasteiger partial charge is 0.335 e. The predicted octanol–water partition coefficient (Wildman–Crippen LogP) is 23.1. The molecule has 12 nitrogen and oxygen atoms in total. The fourth-order valence-corrected chi connectivity index (χ4v) is 30.4. The summed E-state index contributed by atoms with van der Waals surface area (Å²) in [6.07, 6.45) is 41.4. The second-order valence-corrected chi connectivity index (χ2v) is 54.9. The maximum atomic E-state index is 3.83. The molecule has 0 saturated heterocycles. The molecule has 12 aromatic rings. The number of hydrogen-bond donors (Lipinski definition) is 4. The van der Waals surface area contributed by atoms with E-state index in [-0.39, 0.29) is 242 Å². The molecule has 4 aromatic heterocycles. The zero-order valence-electron chi connectivity index (χ0n) is 80.6. The van der Waals surface area contributed by atoms with Crippen molar-refractivity contribution in [2.75, 3.05) is 98.6 Å². The Kier molecular flexibility index (Phi) is 87.6. The molecule has 4 N–H and O–H groups in total. The topological polar surface area (TPSA) is 166 Å². The van der Waals surface area contributed by atoms with Gasteiger partial charge in [-0.15, -0.1) is 70.8 Å². The molecule has 0 saturated carbocycles. The van der Waals surface area contributed by atoms with E-state index in [0.717, 1.165) is 44.5 Å². The summed E-state index contributed by atoms with van der Waals surface area (Å²) in [5.74, 6) is 0. The van der Waals surface area contributed by atoms with Crippen molar-refractivity contribution in [3.05, 3.63) is 267 Å². The Morgan fingerprint density at radius 3 is 0.395 bits per heavy atom. The third kappa shape index (κ3) is 45.0. The van der Waals surface area contributed by atoms with Crippen molar-refractivity contribution >= 4 is 106 Å². The Morgan fingerprint density at radius 1 is 0.202 bits per heavy atom. The summed E-state index contributed by atoms with van der Waals surface area (Å²) < 4.78 is 0. The summed E-state index contributed by atoms with van der Waals surface area (Å²) >= 11 is 0. The van der Waals surface area contributed by atoms with Crippen LogP contribution in [0.1, 0.15) is 188 Å². The fraction of sp³-hybridized carbons (Fsp3) is 0.406. The van der Waals surface area contributed by atoms with Gasteiger partial charge in [0.05, 0.1) is 146 Å². The predicted molar refractivity (Wildman–Crippen MR) is 562 cm³/mol. The van der Waals surface area contributed by atoms with E-state index in [2.05, 4.69) is 391 Å². The van der Waals surface area contributed by atoms with Gasteiger partial charge in [-0.3, -0.25) is 20.4 Å². The molecule has 0 aliphatic carbocycles. The van der Waals surface area contributed by atoms with Crippen LogP contribution in [0.2, 0.25) is 0 Å². The third-order valence-corrected chi connectivity index (χ3v) is 44.4. The van der Waals surface area contributed by atoms with Crippen LogP contribution >= 0.6 is 63.4 Å². The minimum absolute atomic E-state index is 0. The molecule has 0 atom stereocenters. The average molecular weight is 3360 g/mol. The van der Waals surface area contributed by atoms with Gasteiger partial charge in [-0.1, -0.05) is 117 Å². The number of nitrogens with zero attached hydrogens (tertiary/aromatic N) is 8. The minimum Gasteiger partial charge on any atom is -0.335 e. The number of nitrogens with one attached hydrogen (secondary N) is 4. The van der Waals surface area contributed by atoms with Crippen molar-refractivity contribution in [3.8, 4) is 45.0 Å². The summed E-state index contributed by atoms with van der Waals surface area (Å²) in [6, 6.07) is 72.0. The molecule has 0 spiro atoms. The molecule has 736 valence electrons. The van der Waals surface area contributed by atoms with Gasteiger partial charge < -0.3 is 25.7 Å². The largest absolute Gasteiger partial charge is 1.00 e. The van der Waals surface area contributed by atoms with Gasteiger partial charge in [-0.2, -0.15) is 55.4 Å². The molecule has 129 heavy (non-hydrogen) atoms. The maximum Gasteiger partial charge on any atom is 1.00 e. The first-order valence-corrected chi connectivity index (χ1v) is 60.1. The van der Waals surface area contributed by atoms with E-state index < -0.39 is 5.41 Å². The molecule has 0 amide bonds. The molecular formula is C101H152Au8N12P8+8. The second kappa shape index (κ2) is 82.4. The molecule has 28 heteroatoms. The summed E-state index contributed by atoms with van der Waals surface area (Å²) in [6.45, 7) is 53.3. The van der Waals surface area contributed by atoms with Crippen molar-refractivity contribution in [2.24, 2.45) is 0 Å². The molecule has 8 aromatic carbocycles. The Hall–Kier alpha value is -0.318. The van der Waals surface area contributed by atoms with Crippen LogP contribution in [-0.2, 0) is 184 Å². The minimum atomic E-state index is -0.744. The van der Waals surface area contributed by atoms with Crippen molar-refractivity contribution in [2.45, 2.75) is 172 Å². The van der Waals surface area contributed by atoms with Gasteiger partial charge >= 0.3 is 179 Å². The van der Waals surface area contributed by atoms with Crippen LogP contribution < -0.4 is 42.4 Å². The van der Waals surface area contributed by atoms with E-state index in [1.165, 1.54) is 98.6 Å². The number of hydrogen-bond acceptors (Lipinski definition) is 8. The molecular weight excluding hydrogens is 3200 g/mol. The number of H-pyrrole nitrogens is 4. The Bertz CT molecular complexity index is 3750. The standard InChI is InChI=1S/C33H20N12.4C14H24P2.4C3H7.8Au/c1-9-25(10-2-21(1)29-17-34-42-38-29)33(26-11-3-22(4-12-26)30-18-35-43-39-30,27-13-5-23(6-14-27)31-19-36-44-40-31)28-15-7-24(8-16-28)32-20-37-45-41-32;4*1-5-15(6-2)13-9-11-14(12-10-13)16(7-3)8-4;4*1-3-2;;;;;;;;/h1-16H,(H,34,38,42)(H,35,39,43)(H,36,40,44)(H,37,41,45);4*9-12H,5-8H2,1-4H3;4*3H,1-2H3;;;;;;;;/q-4;;;;;4*-1;8*+1/p+8. The molecule has 0 fully saturated rings. The van der Waals surface area contributed by atoms with Gasteiger partial charge in [-0.25, -0.2) is 20.4 Å².